The lowest BCUT2D eigenvalue weighted by atomic mass is 10.1. The molecular formula is C20H30ClN7O. The normalized spacial score (nSPS) is 15.4. The number of methoxy groups -OCH3 is 1. The van der Waals surface area contributed by atoms with Gasteiger partial charge >= 0.3 is 0 Å². The molecule has 29 heavy (non-hydrogen) atoms. The largest absolute Gasteiger partial charge is 0.495 e. The Labute approximate surface area is 177 Å². The quantitative estimate of drug-likeness (QED) is 0.704. The van der Waals surface area contributed by atoms with E-state index in [2.05, 4.69) is 51.4 Å². The molecular weight excluding hydrogens is 390 g/mol. The van der Waals surface area contributed by atoms with Gasteiger partial charge in [0.25, 0.3) is 0 Å². The molecule has 158 valence electrons. The first-order valence-corrected chi connectivity index (χ1v) is 10.3. The number of benzene rings is 1. The third-order valence-electron chi connectivity index (χ3n) is 5.17. The summed E-state index contributed by atoms with van der Waals surface area (Å²) in [6.45, 7) is 6.34. The van der Waals surface area contributed by atoms with Gasteiger partial charge in [-0.2, -0.15) is 15.0 Å². The number of nitrogens with one attached hydrogen (secondary N) is 2. The van der Waals surface area contributed by atoms with Crippen LogP contribution in [0, 0.1) is 0 Å². The third kappa shape index (κ3) is 5.61. The van der Waals surface area contributed by atoms with Crippen LogP contribution in [0.15, 0.2) is 18.2 Å². The molecule has 0 amide bonds. The lowest BCUT2D eigenvalue weighted by molar-refractivity contribution is 0.263. The Morgan fingerprint density at radius 3 is 2.48 bits per heavy atom. The number of hydrogen-bond donors (Lipinski definition) is 2. The molecule has 1 fully saturated rings. The van der Waals surface area contributed by atoms with Crippen molar-refractivity contribution in [2.45, 2.75) is 38.8 Å². The number of rotatable bonds is 7. The van der Waals surface area contributed by atoms with Gasteiger partial charge in [0.05, 0.1) is 12.1 Å². The van der Waals surface area contributed by atoms with Crippen molar-refractivity contribution >= 4 is 35.1 Å². The summed E-state index contributed by atoms with van der Waals surface area (Å²) in [5, 5.41) is 7.25. The van der Waals surface area contributed by atoms with Gasteiger partial charge in [0.15, 0.2) is 0 Å². The van der Waals surface area contributed by atoms with Crippen LogP contribution < -0.4 is 20.3 Å². The van der Waals surface area contributed by atoms with Gasteiger partial charge in [-0.25, -0.2) is 0 Å². The number of likely N-dealkylation sites (tertiary alicyclic amines) is 1. The number of ether oxygens (including phenoxy) is 1. The third-order valence-corrected chi connectivity index (χ3v) is 5.47. The molecule has 1 aliphatic heterocycles. The number of nitrogens with zero attached hydrogens (tertiary/aromatic N) is 5. The van der Waals surface area contributed by atoms with E-state index in [0.29, 0.717) is 34.7 Å². The Balaban J connectivity index is 1.84. The lowest BCUT2D eigenvalue weighted by Crippen LogP contribution is -2.37. The molecule has 0 radical (unpaired) electrons. The molecule has 8 nitrogen and oxygen atoms in total. The summed E-state index contributed by atoms with van der Waals surface area (Å²) in [7, 11) is 5.72. The molecule has 0 spiro atoms. The fraction of sp³-hybridized carbons (Fsp3) is 0.550. The van der Waals surface area contributed by atoms with Gasteiger partial charge < -0.3 is 25.2 Å². The summed E-state index contributed by atoms with van der Waals surface area (Å²) in [5.41, 5.74) is 0.783. The fourth-order valence-electron chi connectivity index (χ4n) is 3.08. The molecule has 1 aliphatic rings. The van der Waals surface area contributed by atoms with E-state index in [0.717, 1.165) is 31.6 Å². The van der Waals surface area contributed by atoms with Crippen LogP contribution in [0.25, 0.3) is 0 Å². The van der Waals surface area contributed by atoms with E-state index >= 15 is 0 Å². The first-order chi connectivity index (χ1) is 13.9. The minimum atomic E-state index is 0.261. The summed E-state index contributed by atoms with van der Waals surface area (Å²) in [6, 6.07) is 6.10. The minimum Gasteiger partial charge on any atom is -0.495 e. The summed E-state index contributed by atoms with van der Waals surface area (Å²) in [5.74, 6) is 2.29. The fourth-order valence-corrected chi connectivity index (χ4v) is 3.34. The van der Waals surface area contributed by atoms with Crippen molar-refractivity contribution in [3.63, 3.8) is 0 Å². The number of piperidine rings is 1. The molecule has 0 unspecified atom stereocenters. The van der Waals surface area contributed by atoms with E-state index in [-0.39, 0.29) is 6.04 Å². The van der Waals surface area contributed by atoms with E-state index in [1.807, 2.05) is 24.1 Å². The number of halogens is 1. The zero-order valence-electron chi connectivity index (χ0n) is 17.7. The summed E-state index contributed by atoms with van der Waals surface area (Å²) >= 11 is 6.25. The summed E-state index contributed by atoms with van der Waals surface area (Å²) < 4.78 is 5.22. The van der Waals surface area contributed by atoms with E-state index in [9.17, 15) is 0 Å². The second-order valence-electron chi connectivity index (χ2n) is 7.68. The molecule has 0 atom stereocenters. The van der Waals surface area contributed by atoms with Crippen molar-refractivity contribution in [3.8, 4) is 5.75 Å². The van der Waals surface area contributed by atoms with E-state index in [1.165, 1.54) is 0 Å². The maximum absolute atomic E-state index is 6.25. The van der Waals surface area contributed by atoms with Crippen molar-refractivity contribution in [2.75, 3.05) is 49.8 Å². The molecule has 2 N–H and O–H groups in total. The maximum Gasteiger partial charge on any atom is 0.233 e. The molecule has 2 aromatic rings. The van der Waals surface area contributed by atoms with Crippen LogP contribution in [0.5, 0.6) is 5.75 Å². The van der Waals surface area contributed by atoms with Gasteiger partial charge in [-0.15, -0.1) is 0 Å². The van der Waals surface area contributed by atoms with Gasteiger partial charge in [0.1, 0.15) is 5.75 Å². The van der Waals surface area contributed by atoms with Gasteiger partial charge in [0, 0.05) is 24.8 Å². The molecule has 9 heteroatoms. The lowest BCUT2D eigenvalue weighted by Gasteiger charge is -2.30. The van der Waals surface area contributed by atoms with Gasteiger partial charge in [0.2, 0.25) is 17.8 Å². The zero-order chi connectivity index (χ0) is 21.0. The standard InChI is InChI=1S/C20H30ClN7O/c1-13(2)28(4)20-25-18(22-14-8-10-27(3)11-9-14)24-19(26-20)23-15-6-7-17(29-5)16(21)12-15/h6-7,12-14H,8-11H2,1-5H3,(H2,22,23,24,25,26). The smallest absolute Gasteiger partial charge is 0.233 e. The van der Waals surface area contributed by atoms with E-state index in [1.54, 1.807) is 13.2 Å². The minimum absolute atomic E-state index is 0.261. The summed E-state index contributed by atoms with van der Waals surface area (Å²) in [4.78, 5) is 18.2. The zero-order valence-corrected chi connectivity index (χ0v) is 18.5. The highest BCUT2D eigenvalue weighted by Crippen LogP contribution is 2.29. The first kappa shape index (κ1) is 21.4. The van der Waals surface area contributed by atoms with E-state index < -0.39 is 0 Å². The topological polar surface area (TPSA) is 78.4 Å². The van der Waals surface area contributed by atoms with Crippen LogP contribution in [-0.4, -0.2) is 66.2 Å². The predicted octanol–water partition coefficient (Wildman–Crippen LogP) is 3.63. The van der Waals surface area contributed by atoms with E-state index in [4.69, 9.17) is 16.3 Å². The van der Waals surface area contributed by atoms with Crippen LogP contribution >= 0.6 is 11.6 Å². The highest BCUT2D eigenvalue weighted by Gasteiger charge is 2.19. The van der Waals surface area contributed by atoms with Crippen LogP contribution in [0.1, 0.15) is 26.7 Å². The second kappa shape index (κ2) is 9.45. The monoisotopic (exact) mass is 419 g/mol. The average molecular weight is 420 g/mol. The molecule has 2 heterocycles. The maximum atomic E-state index is 6.25. The molecule has 3 rings (SSSR count). The Bertz CT molecular complexity index is 824. The van der Waals surface area contributed by atoms with Crippen molar-refractivity contribution < 1.29 is 4.74 Å². The van der Waals surface area contributed by atoms with Gasteiger partial charge in [-0.3, -0.25) is 0 Å². The molecule has 0 bridgehead atoms. The van der Waals surface area contributed by atoms with Crippen molar-refractivity contribution in [1.82, 2.24) is 19.9 Å². The second-order valence-corrected chi connectivity index (χ2v) is 8.09. The van der Waals surface area contributed by atoms with Crippen LogP contribution in [0.3, 0.4) is 0 Å². The molecule has 1 aromatic heterocycles. The number of hydrogen-bond acceptors (Lipinski definition) is 8. The molecule has 0 saturated carbocycles. The first-order valence-electron chi connectivity index (χ1n) is 9.90. The highest BCUT2D eigenvalue weighted by molar-refractivity contribution is 6.32. The number of anilines is 4. The van der Waals surface area contributed by atoms with Crippen molar-refractivity contribution in [2.24, 2.45) is 0 Å². The number of aromatic nitrogens is 3. The molecule has 0 aliphatic carbocycles. The van der Waals surface area contributed by atoms with Crippen LogP contribution in [0.4, 0.5) is 23.5 Å². The Hall–Kier alpha value is -2.32. The Kier molecular flexibility index (Phi) is 6.97. The van der Waals surface area contributed by atoms with Crippen LogP contribution in [0.2, 0.25) is 5.02 Å². The summed E-state index contributed by atoms with van der Waals surface area (Å²) in [6.07, 6.45) is 2.13. The SMILES string of the molecule is COc1ccc(Nc2nc(NC3CCN(C)CC3)nc(N(C)C(C)C)n2)cc1Cl. The van der Waals surface area contributed by atoms with Crippen LogP contribution in [-0.2, 0) is 0 Å². The predicted molar refractivity (Wildman–Crippen MR) is 119 cm³/mol. The molecule has 1 saturated heterocycles. The average Bonchev–Trinajstić information content (AvgIpc) is 2.69. The van der Waals surface area contributed by atoms with Crippen molar-refractivity contribution in [3.05, 3.63) is 23.2 Å². The Morgan fingerprint density at radius 1 is 1.17 bits per heavy atom. The van der Waals surface area contributed by atoms with Crippen molar-refractivity contribution in [1.29, 1.82) is 0 Å². The van der Waals surface area contributed by atoms with Gasteiger partial charge in [-0.1, -0.05) is 11.6 Å². The molecule has 1 aromatic carbocycles. The van der Waals surface area contributed by atoms with Gasteiger partial charge in [-0.05, 0) is 65.0 Å². The Morgan fingerprint density at radius 2 is 1.86 bits per heavy atom. The highest BCUT2D eigenvalue weighted by atomic mass is 35.5.